The van der Waals surface area contributed by atoms with Crippen molar-refractivity contribution in [2.75, 3.05) is 0 Å². The quantitative estimate of drug-likeness (QED) is 0.815. The van der Waals surface area contributed by atoms with Crippen LogP contribution in [-0.2, 0) is 15.6 Å². The van der Waals surface area contributed by atoms with Gasteiger partial charge >= 0.3 is 0 Å². The van der Waals surface area contributed by atoms with Crippen molar-refractivity contribution in [3.8, 4) is 10.7 Å². The van der Waals surface area contributed by atoms with Crippen LogP contribution < -0.4 is 0 Å². The largest absolute Gasteiger partial charge is 0.296 e. The zero-order valence-corrected chi connectivity index (χ0v) is 12.3. The van der Waals surface area contributed by atoms with Crippen molar-refractivity contribution in [1.29, 1.82) is 0 Å². The fourth-order valence-corrected chi connectivity index (χ4v) is 3.50. The second kappa shape index (κ2) is 4.99. The van der Waals surface area contributed by atoms with Gasteiger partial charge < -0.3 is 0 Å². The maximum absolute atomic E-state index is 11.4. The summed E-state index contributed by atoms with van der Waals surface area (Å²) in [6, 6.07) is 1.96. The number of nitrogens with zero attached hydrogens (tertiary/aromatic N) is 3. The molecule has 0 aliphatic rings. The van der Waals surface area contributed by atoms with E-state index in [0.29, 0.717) is 12.4 Å². The summed E-state index contributed by atoms with van der Waals surface area (Å²) in [4.78, 5) is 0.919. The van der Waals surface area contributed by atoms with Crippen LogP contribution in [0.15, 0.2) is 16.6 Å². The van der Waals surface area contributed by atoms with Gasteiger partial charge in [-0.15, -0.1) is 21.5 Å². The van der Waals surface area contributed by atoms with E-state index < -0.39 is 9.05 Å². The predicted octanol–water partition coefficient (Wildman–Crippen LogP) is 2.65. The number of hydrogen-bond donors (Lipinski definition) is 0. The van der Waals surface area contributed by atoms with Crippen molar-refractivity contribution in [3.05, 3.63) is 17.0 Å². The third-order valence-electron chi connectivity index (χ3n) is 2.45. The van der Waals surface area contributed by atoms with Gasteiger partial charge in [0.25, 0.3) is 14.2 Å². The molecule has 0 radical (unpaired) electrons. The molecule has 2 aromatic heterocycles. The molecule has 5 nitrogen and oxygen atoms in total. The van der Waals surface area contributed by atoms with Crippen LogP contribution in [0.1, 0.15) is 18.9 Å². The average Bonchev–Trinajstić information content (AvgIpc) is 2.84. The number of hydrogen-bond acceptors (Lipinski definition) is 5. The number of aryl methyl sites for hydroxylation is 1. The molecule has 0 fully saturated rings. The number of rotatable bonds is 4. The molecular formula is C10H12ClN3O2S2. The van der Waals surface area contributed by atoms with E-state index in [0.717, 1.165) is 16.9 Å². The van der Waals surface area contributed by atoms with E-state index in [9.17, 15) is 8.42 Å². The minimum Gasteiger partial charge on any atom is -0.296 e. The highest BCUT2D eigenvalue weighted by atomic mass is 35.7. The molecule has 2 rings (SSSR count). The van der Waals surface area contributed by atoms with Crippen molar-refractivity contribution in [2.24, 2.45) is 0 Å². The molecule has 98 valence electrons. The van der Waals surface area contributed by atoms with Gasteiger partial charge in [-0.2, -0.15) is 0 Å². The number of halogens is 1. The Labute approximate surface area is 114 Å². The van der Waals surface area contributed by atoms with Gasteiger partial charge in [-0.25, -0.2) is 8.42 Å². The van der Waals surface area contributed by atoms with Crippen LogP contribution in [0, 0.1) is 6.92 Å². The highest BCUT2D eigenvalue weighted by molar-refractivity contribution is 8.13. The van der Waals surface area contributed by atoms with Crippen molar-refractivity contribution in [3.63, 3.8) is 0 Å². The first-order valence-electron chi connectivity index (χ1n) is 5.37. The molecule has 0 bridgehead atoms. The van der Waals surface area contributed by atoms with Crippen LogP contribution in [0.5, 0.6) is 0 Å². The molecule has 0 saturated carbocycles. The topological polar surface area (TPSA) is 64.8 Å². The van der Waals surface area contributed by atoms with E-state index in [2.05, 4.69) is 10.2 Å². The van der Waals surface area contributed by atoms with Crippen LogP contribution in [-0.4, -0.2) is 23.2 Å². The molecule has 0 unspecified atom stereocenters. The summed E-state index contributed by atoms with van der Waals surface area (Å²) in [5, 5.41) is 9.42. The van der Waals surface area contributed by atoms with Crippen LogP contribution in [0.4, 0.5) is 0 Å². The normalized spacial score (nSPS) is 11.9. The molecule has 18 heavy (non-hydrogen) atoms. The fourth-order valence-electron chi connectivity index (χ4n) is 1.66. The Morgan fingerprint density at radius 2 is 2.17 bits per heavy atom. The highest BCUT2D eigenvalue weighted by Crippen LogP contribution is 2.29. The van der Waals surface area contributed by atoms with Crippen LogP contribution in [0.3, 0.4) is 0 Å². The Morgan fingerprint density at radius 3 is 2.67 bits per heavy atom. The molecule has 0 aliphatic heterocycles. The summed E-state index contributed by atoms with van der Waals surface area (Å²) < 4.78 is 24.4. The second-order valence-electron chi connectivity index (χ2n) is 3.83. The molecule has 0 saturated heterocycles. The molecule has 0 atom stereocenters. The lowest BCUT2D eigenvalue weighted by Gasteiger charge is -2.06. The summed E-state index contributed by atoms with van der Waals surface area (Å²) in [6.45, 7) is 4.42. The summed E-state index contributed by atoms with van der Waals surface area (Å²) in [5.74, 6) is 0.559. The Hall–Kier alpha value is -0.920. The molecular weight excluding hydrogens is 294 g/mol. The van der Waals surface area contributed by atoms with Gasteiger partial charge in [0.1, 0.15) is 0 Å². The minimum atomic E-state index is -3.87. The Kier molecular flexibility index (Phi) is 3.74. The minimum absolute atomic E-state index is 0.186. The maximum atomic E-state index is 11.4. The molecule has 0 N–H and O–H groups in total. The standard InChI is InChI=1S/C10H12ClN3O2S2/c1-3-5-14-9(8-7(2)4-6-17-8)12-13-10(14)18(11,15)16/h4,6H,3,5H2,1-2H3. The van der Waals surface area contributed by atoms with Crippen molar-refractivity contribution < 1.29 is 8.42 Å². The van der Waals surface area contributed by atoms with Crippen molar-refractivity contribution >= 4 is 31.1 Å². The molecule has 8 heteroatoms. The van der Waals surface area contributed by atoms with Crippen LogP contribution >= 0.6 is 22.0 Å². The fraction of sp³-hybridized carbons (Fsp3) is 0.400. The van der Waals surface area contributed by atoms with Crippen LogP contribution in [0.2, 0.25) is 0 Å². The molecule has 0 aliphatic carbocycles. The smallest absolute Gasteiger partial charge is 0.296 e. The van der Waals surface area contributed by atoms with Gasteiger partial charge in [-0.05, 0) is 30.4 Å². The van der Waals surface area contributed by atoms with Crippen molar-refractivity contribution in [1.82, 2.24) is 14.8 Å². The van der Waals surface area contributed by atoms with Gasteiger partial charge in [-0.3, -0.25) is 4.57 Å². The van der Waals surface area contributed by atoms with Gasteiger partial charge in [0.2, 0.25) is 0 Å². The van der Waals surface area contributed by atoms with E-state index in [4.69, 9.17) is 10.7 Å². The van der Waals surface area contributed by atoms with E-state index in [1.807, 2.05) is 25.3 Å². The Bertz CT molecular complexity index is 660. The van der Waals surface area contributed by atoms with E-state index in [-0.39, 0.29) is 5.16 Å². The number of aromatic nitrogens is 3. The molecule has 0 spiro atoms. The molecule has 0 aromatic carbocycles. The monoisotopic (exact) mass is 305 g/mol. The predicted molar refractivity (Wildman–Crippen MR) is 71.4 cm³/mol. The highest BCUT2D eigenvalue weighted by Gasteiger charge is 2.23. The van der Waals surface area contributed by atoms with Gasteiger partial charge in [0, 0.05) is 17.2 Å². The second-order valence-corrected chi connectivity index (χ2v) is 7.20. The molecule has 2 heterocycles. The summed E-state index contributed by atoms with van der Waals surface area (Å²) in [7, 11) is 1.49. The lowest BCUT2D eigenvalue weighted by atomic mass is 10.3. The van der Waals surface area contributed by atoms with E-state index in [1.54, 1.807) is 4.57 Å². The van der Waals surface area contributed by atoms with Crippen LogP contribution in [0.25, 0.3) is 10.7 Å². The zero-order chi connectivity index (χ0) is 13.3. The zero-order valence-electron chi connectivity index (χ0n) is 9.92. The first-order valence-corrected chi connectivity index (χ1v) is 8.56. The number of thiophene rings is 1. The maximum Gasteiger partial charge on any atom is 0.296 e. The Morgan fingerprint density at radius 1 is 1.44 bits per heavy atom. The molecule has 0 amide bonds. The van der Waals surface area contributed by atoms with Crippen molar-refractivity contribution in [2.45, 2.75) is 32.0 Å². The van der Waals surface area contributed by atoms with E-state index >= 15 is 0 Å². The average molecular weight is 306 g/mol. The SMILES string of the molecule is CCCn1c(-c2sccc2C)nnc1S(=O)(=O)Cl. The first-order chi connectivity index (χ1) is 8.45. The van der Waals surface area contributed by atoms with E-state index in [1.165, 1.54) is 11.3 Å². The lowest BCUT2D eigenvalue weighted by Crippen LogP contribution is -2.07. The van der Waals surface area contributed by atoms with Gasteiger partial charge in [0.15, 0.2) is 5.82 Å². The summed E-state index contributed by atoms with van der Waals surface area (Å²) in [5.41, 5.74) is 1.04. The third-order valence-corrected chi connectivity index (χ3v) is 4.61. The summed E-state index contributed by atoms with van der Waals surface area (Å²) >= 11 is 1.51. The Balaban J connectivity index is 2.63. The summed E-state index contributed by atoms with van der Waals surface area (Å²) in [6.07, 6.45) is 0.773. The lowest BCUT2D eigenvalue weighted by molar-refractivity contribution is 0.570. The molecule has 2 aromatic rings. The third kappa shape index (κ3) is 2.43. The van der Waals surface area contributed by atoms with Gasteiger partial charge in [0.05, 0.1) is 4.88 Å². The first kappa shape index (κ1) is 13.5. The van der Waals surface area contributed by atoms with Gasteiger partial charge in [-0.1, -0.05) is 6.92 Å².